The van der Waals surface area contributed by atoms with Crippen molar-refractivity contribution in [2.75, 3.05) is 0 Å². The maximum Gasteiger partial charge on any atom is 0.271 e. The lowest BCUT2D eigenvalue weighted by molar-refractivity contribution is 0.0954. The van der Waals surface area contributed by atoms with Gasteiger partial charge in [0.25, 0.3) is 5.91 Å². The van der Waals surface area contributed by atoms with Crippen LogP contribution >= 0.6 is 0 Å². The number of amides is 1. The minimum atomic E-state index is -0.406. The van der Waals surface area contributed by atoms with Gasteiger partial charge in [-0.05, 0) is 12.1 Å². The molecular formula is C20H15N3O2. The molecule has 5 heteroatoms. The lowest BCUT2D eigenvalue weighted by Crippen LogP contribution is -2.24. The molecular weight excluding hydrogens is 314 g/mol. The molecule has 5 nitrogen and oxygen atoms in total. The Labute approximate surface area is 145 Å². The van der Waals surface area contributed by atoms with Gasteiger partial charge >= 0.3 is 0 Å². The van der Waals surface area contributed by atoms with Gasteiger partial charge < -0.3 is 0 Å². The first-order valence-corrected chi connectivity index (χ1v) is 7.69. The molecule has 0 bridgehead atoms. The number of hydrogen-bond acceptors (Lipinski definition) is 4. The zero-order valence-corrected chi connectivity index (χ0v) is 13.3. The summed E-state index contributed by atoms with van der Waals surface area (Å²) in [7, 11) is 0. The fourth-order valence-electron chi connectivity index (χ4n) is 2.24. The Kier molecular flexibility index (Phi) is 5.07. The molecule has 0 unspecified atom stereocenters. The monoisotopic (exact) mass is 329 g/mol. The highest BCUT2D eigenvalue weighted by Gasteiger charge is 2.17. The Morgan fingerprint density at radius 1 is 0.720 bits per heavy atom. The molecule has 0 aliphatic heterocycles. The number of carbonyl (C=O) groups is 2. The van der Waals surface area contributed by atoms with Crippen LogP contribution in [-0.4, -0.2) is 22.4 Å². The van der Waals surface area contributed by atoms with Crippen LogP contribution in [0.25, 0.3) is 0 Å². The molecule has 1 N–H and O–H groups in total. The maximum atomic E-state index is 12.8. The predicted octanol–water partition coefficient (Wildman–Crippen LogP) is 3.10. The van der Waals surface area contributed by atoms with Crippen LogP contribution in [0.1, 0.15) is 26.3 Å². The fourth-order valence-corrected chi connectivity index (χ4v) is 2.24. The van der Waals surface area contributed by atoms with Gasteiger partial charge in [-0.2, -0.15) is 5.10 Å². The first-order chi connectivity index (χ1) is 12.3. The summed E-state index contributed by atoms with van der Waals surface area (Å²) in [5, 5.41) is 4.09. The molecule has 25 heavy (non-hydrogen) atoms. The molecule has 3 aromatic rings. The Bertz CT molecular complexity index is 892. The third kappa shape index (κ3) is 4.03. The standard InChI is InChI=1S/C20H15N3O2/c24-19(16-9-5-2-6-10-16)18(15-7-3-1-4-8-15)22-23-20(25)17-11-13-21-14-12-17/h1-14H,(H,23,25)/b22-18-. The molecule has 0 aliphatic rings. The van der Waals surface area contributed by atoms with E-state index in [1.807, 2.05) is 24.3 Å². The summed E-state index contributed by atoms with van der Waals surface area (Å²) in [5.41, 5.74) is 4.17. The van der Waals surface area contributed by atoms with E-state index in [-0.39, 0.29) is 11.5 Å². The van der Waals surface area contributed by atoms with E-state index < -0.39 is 5.91 Å². The second-order valence-electron chi connectivity index (χ2n) is 5.20. The molecule has 122 valence electrons. The Hall–Kier alpha value is -3.60. The number of nitrogens with one attached hydrogen (secondary N) is 1. The molecule has 0 spiro atoms. The summed E-state index contributed by atoms with van der Waals surface area (Å²) in [6, 6.07) is 21.0. The molecule has 0 atom stereocenters. The Balaban J connectivity index is 1.92. The van der Waals surface area contributed by atoms with Gasteiger partial charge in [0.15, 0.2) is 0 Å². The number of nitrogens with zero attached hydrogens (tertiary/aromatic N) is 2. The number of Topliss-reactive ketones (excluding diaryl/α,β-unsaturated/α-hetero) is 1. The molecule has 0 fully saturated rings. The molecule has 0 aliphatic carbocycles. The van der Waals surface area contributed by atoms with E-state index in [1.54, 1.807) is 48.5 Å². The van der Waals surface area contributed by atoms with Gasteiger partial charge in [-0.3, -0.25) is 14.6 Å². The summed E-state index contributed by atoms with van der Waals surface area (Å²) >= 11 is 0. The number of hydrogen-bond donors (Lipinski definition) is 1. The first-order valence-electron chi connectivity index (χ1n) is 7.69. The molecule has 0 saturated heterocycles. The second-order valence-corrected chi connectivity index (χ2v) is 5.20. The number of hydrazone groups is 1. The van der Waals surface area contributed by atoms with Gasteiger partial charge in [0.1, 0.15) is 5.71 Å². The summed E-state index contributed by atoms with van der Waals surface area (Å²) < 4.78 is 0. The van der Waals surface area contributed by atoms with E-state index in [9.17, 15) is 9.59 Å². The maximum absolute atomic E-state index is 12.8. The van der Waals surface area contributed by atoms with Crippen molar-refractivity contribution in [2.45, 2.75) is 0 Å². The van der Waals surface area contributed by atoms with Gasteiger partial charge in [-0.15, -0.1) is 0 Å². The number of rotatable bonds is 5. The van der Waals surface area contributed by atoms with E-state index in [1.165, 1.54) is 12.4 Å². The number of benzene rings is 2. The summed E-state index contributed by atoms with van der Waals surface area (Å²) in [6.45, 7) is 0. The second kappa shape index (κ2) is 7.79. The van der Waals surface area contributed by atoms with Crippen molar-refractivity contribution in [3.63, 3.8) is 0 Å². The number of carbonyl (C=O) groups excluding carboxylic acids is 2. The van der Waals surface area contributed by atoms with Crippen LogP contribution in [0.3, 0.4) is 0 Å². The number of aromatic nitrogens is 1. The SMILES string of the molecule is O=C(N/N=C(\C(=O)c1ccccc1)c1ccccc1)c1ccncc1. The van der Waals surface area contributed by atoms with E-state index in [0.717, 1.165) is 0 Å². The smallest absolute Gasteiger partial charge is 0.271 e. The van der Waals surface area contributed by atoms with Crippen molar-refractivity contribution >= 4 is 17.4 Å². The van der Waals surface area contributed by atoms with Crippen LogP contribution in [0.4, 0.5) is 0 Å². The lowest BCUT2D eigenvalue weighted by Gasteiger charge is -2.07. The van der Waals surface area contributed by atoms with Gasteiger partial charge in [0, 0.05) is 29.1 Å². The first kappa shape index (κ1) is 16.3. The highest BCUT2D eigenvalue weighted by molar-refractivity contribution is 6.51. The highest BCUT2D eigenvalue weighted by atomic mass is 16.2. The molecule has 1 aromatic heterocycles. The molecule has 2 aromatic carbocycles. The fraction of sp³-hybridized carbons (Fsp3) is 0. The van der Waals surface area contributed by atoms with Gasteiger partial charge in [-0.1, -0.05) is 60.7 Å². The van der Waals surface area contributed by atoms with Crippen LogP contribution in [0.5, 0.6) is 0 Å². The van der Waals surface area contributed by atoms with Crippen molar-refractivity contribution in [1.29, 1.82) is 0 Å². The van der Waals surface area contributed by atoms with Crippen LogP contribution in [0.2, 0.25) is 0 Å². The minimum Gasteiger partial charge on any atom is -0.287 e. The predicted molar refractivity (Wildman–Crippen MR) is 95.5 cm³/mol. The quantitative estimate of drug-likeness (QED) is 0.444. The summed E-state index contributed by atoms with van der Waals surface area (Å²) in [4.78, 5) is 28.9. The Morgan fingerprint density at radius 2 is 1.28 bits per heavy atom. The summed E-state index contributed by atoms with van der Waals surface area (Å²) in [6.07, 6.45) is 3.04. The Morgan fingerprint density at radius 3 is 1.88 bits per heavy atom. The number of ketones is 1. The lowest BCUT2D eigenvalue weighted by atomic mass is 10.0. The van der Waals surface area contributed by atoms with Gasteiger partial charge in [0.2, 0.25) is 5.78 Å². The van der Waals surface area contributed by atoms with E-state index in [0.29, 0.717) is 16.7 Å². The topological polar surface area (TPSA) is 71.4 Å². The van der Waals surface area contributed by atoms with Gasteiger partial charge in [-0.25, -0.2) is 5.43 Å². The van der Waals surface area contributed by atoms with Crippen molar-refractivity contribution in [2.24, 2.45) is 5.10 Å². The van der Waals surface area contributed by atoms with E-state index in [4.69, 9.17) is 0 Å². The molecule has 0 saturated carbocycles. The van der Waals surface area contributed by atoms with Crippen LogP contribution in [-0.2, 0) is 0 Å². The van der Waals surface area contributed by atoms with Gasteiger partial charge in [0.05, 0.1) is 0 Å². The van der Waals surface area contributed by atoms with E-state index >= 15 is 0 Å². The third-order valence-corrected chi connectivity index (χ3v) is 3.51. The normalized spacial score (nSPS) is 11.0. The average Bonchev–Trinajstić information content (AvgIpc) is 2.70. The minimum absolute atomic E-state index is 0.175. The molecule has 3 rings (SSSR count). The largest absolute Gasteiger partial charge is 0.287 e. The zero-order valence-electron chi connectivity index (χ0n) is 13.3. The molecule has 0 radical (unpaired) electrons. The molecule has 1 heterocycles. The highest BCUT2D eigenvalue weighted by Crippen LogP contribution is 2.09. The zero-order chi connectivity index (χ0) is 17.5. The van der Waals surface area contributed by atoms with Crippen molar-refractivity contribution in [1.82, 2.24) is 10.4 Å². The van der Waals surface area contributed by atoms with Crippen molar-refractivity contribution in [3.05, 3.63) is 102 Å². The van der Waals surface area contributed by atoms with Crippen molar-refractivity contribution < 1.29 is 9.59 Å². The van der Waals surface area contributed by atoms with Crippen molar-refractivity contribution in [3.8, 4) is 0 Å². The number of pyridine rings is 1. The van der Waals surface area contributed by atoms with E-state index in [2.05, 4.69) is 15.5 Å². The summed E-state index contributed by atoms with van der Waals surface area (Å²) in [5.74, 6) is -0.668. The average molecular weight is 329 g/mol. The molecule has 1 amide bonds. The van der Waals surface area contributed by atoms with Crippen LogP contribution in [0.15, 0.2) is 90.3 Å². The van der Waals surface area contributed by atoms with Crippen LogP contribution in [0, 0.1) is 0 Å². The van der Waals surface area contributed by atoms with Crippen LogP contribution < -0.4 is 5.43 Å². The third-order valence-electron chi connectivity index (χ3n) is 3.51.